The molecule has 12 nitrogen and oxygen atoms in total. The zero-order chi connectivity index (χ0) is 18.8. The fourth-order valence-electron chi connectivity index (χ4n) is 1.47. The monoisotopic (exact) mass is 400 g/mol. The van der Waals surface area contributed by atoms with Gasteiger partial charge in [0.05, 0.1) is 24.4 Å². The Morgan fingerprint density at radius 3 is 1.83 bits per heavy atom. The van der Waals surface area contributed by atoms with Gasteiger partial charge in [-0.2, -0.15) is 18.7 Å². The number of rotatable bonds is 14. The molecule has 0 fully saturated rings. The van der Waals surface area contributed by atoms with Gasteiger partial charge in [-0.05, 0) is 42.7 Å². The molecule has 24 heavy (non-hydrogen) atoms. The first-order valence-electron chi connectivity index (χ1n) is 6.86. The average molecular weight is 400 g/mol. The topological polar surface area (TPSA) is 177 Å². The molecule has 0 bridgehead atoms. The Kier molecular flexibility index (Phi) is 21.8. The van der Waals surface area contributed by atoms with Crippen LogP contribution in [0.25, 0.3) is 0 Å². The minimum atomic E-state index is -0.700. The summed E-state index contributed by atoms with van der Waals surface area (Å²) in [5.74, 6) is 0. The summed E-state index contributed by atoms with van der Waals surface area (Å²) < 4.78 is 15.5. The van der Waals surface area contributed by atoms with E-state index in [0.717, 1.165) is 0 Å². The van der Waals surface area contributed by atoms with Crippen molar-refractivity contribution in [2.24, 2.45) is 0 Å². The van der Waals surface area contributed by atoms with Crippen molar-refractivity contribution in [2.45, 2.75) is 63.9 Å². The number of hydrogen-bond donors (Lipinski definition) is 6. The van der Waals surface area contributed by atoms with Gasteiger partial charge in [0.15, 0.2) is 0 Å². The number of hydrogen-bond acceptors (Lipinski definition) is 12. The fourth-order valence-corrected chi connectivity index (χ4v) is 1.86. The molecule has 6 N–H and O–H groups in total. The maximum atomic E-state index is 9.43. The highest BCUT2D eigenvalue weighted by Crippen LogP contribution is 2.21. The van der Waals surface area contributed by atoms with Crippen LogP contribution in [0, 0.1) is 0 Å². The highest BCUT2D eigenvalue weighted by atomic mass is 31.1. The van der Waals surface area contributed by atoms with Crippen molar-refractivity contribution in [1.82, 2.24) is 0 Å². The van der Waals surface area contributed by atoms with E-state index in [4.69, 9.17) is 15.6 Å². The first-order chi connectivity index (χ1) is 11.4. The molecular formula is C10H26O12P2. The van der Waals surface area contributed by atoms with Gasteiger partial charge in [0.1, 0.15) is 0 Å². The van der Waals surface area contributed by atoms with Crippen LogP contribution in [0.1, 0.15) is 39.5 Å². The smallest absolute Gasteiger partial charge is 0.235 e. The molecule has 14 heteroatoms. The van der Waals surface area contributed by atoms with Crippen LogP contribution >= 0.6 is 18.1 Å². The first-order valence-corrected chi connectivity index (χ1v) is 8.49. The molecule has 0 spiro atoms. The van der Waals surface area contributed by atoms with Crippen LogP contribution in [0.4, 0.5) is 0 Å². The summed E-state index contributed by atoms with van der Waals surface area (Å²) >= 11 is 0. The van der Waals surface area contributed by atoms with E-state index in [-0.39, 0.29) is 19.3 Å². The van der Waals surface area contributed by atoms with Crippen molar-refractivity contribution in [3.8, 4) is 0 Å². The molecule has 0 aromatic rings. The lowest BCUT2D eigenvalue weighted by Gasteiger charge is -2.18. The van der Waals surface area contributed by atoms with E-state index in [1.54, 1.807) is 6.92 Å². The molecule has 0 heterocycles. The molecule has 0 rings (SSSR count). The third-order valence-electron chi connectivity index (χ3n) is 2.42. The minimum Gasteiger partial charge on any atom is -0.393 e. The molecule has 0 aliphatic carbocycles. The third-order valence-corrected chi connectivity index (χ3v) is 3.10. The highest BCUT2D eigenvalue weighted by Gasteiger charge is 2.16. The lowest BCUT2D eigenvalue weighted by Crippen LogP contribution is -2.24. The Labute approximate surface area is 142 Å². The molecule has 0 amide bonds. The van der Waals surface area contributed by atoms with Gasteiger partial charge in [-0.3, -0.25) is 0 Å². The molecule has 0 aliphatic heterocycles. The summed E-state index contributed by atoms with van der Waals surface area (Å²) in [5.41, 5.74) is 0. The normalized spacial score (nSPS) is 17.0. The molecular weight excluding hydrogens is 374 g/mol. The predicted octanol–water partition coefficient (Wildman–Crippen LogP) is 0.824. The van der Waals surface area contributed by atoms with Gasteiger partial charge in [-0.1, -0.05) is 6.92 Å². The van der Waals surface area contributed by atoms with Crippen LogP contribution in [-0.4, -0.2) is 55.4 Å². The van der Waals surface area contributed by atoms with Gasteiger partial charge in [0, 0.05) is 0 Å². The molecule has 6 atom stereocenters. The SMILES string of the molecule is CCC(O)CC(O)CC(O)CC(C)O.OOOOPOOPOO. The van der Waals surface area contributed by atoms with E-state index in [9.17, 15) is 15.3 Å². The predicted molar refractivity (Wildman–Crippen MR) is 82.2 cm³/mol. The van der Waals surface area contributed by atoms with Crippen molar-refractivity contribution in [3.63, 3.8) is 0 Å². The largest absolute Gasteiger partial charge is 0.393 e. The Morgan fingerprint density at radius 2 is 1.33 bits per heavy atom. The van der Waals surface area contributed by atoms with Crippen molar-refractivity contribution in [3.05, 3.63) is 0 Å². The second-order valence-electron chi connectivity index (χ2n) is 4.58. The summed E-state index contributed by atoms with van der Waals surface area (Å²) in [4.78, 5) is 0. The Bertz CT molecular complexity index is 242. The average Bonchev–Trinajstić information content (AvgIpc) is 2.50. The van der Waals surface area contributed by atoms with E-state index in [1.165, 1.54) is 0 Å². The Morgan fingerprint density at radius 1 is 0.792 bits per heavy atom. The molecule has 6 unspecified atom stereocenters. The molecule has 0 aromatic heterocycles. The van der Waals surface area contributed by atoms with Crippen molar-refractivity contribution in [2.75, 3.05) is 0 Å². The van der Waals surface area contributed by atoms with Gasteiger partial charge in [-0.25, -0.2) is 10.5 Å². The lowest BCUT2D eigenvalue weighted by molar-refractivity contribution is -0.594. The van der Waals surface area contributed by atoms with Gasteiger partial charge in [0.2, 0.25) is 18.1 Å². The van der Waals surface area contributed by atoms with E-state index in [1.807, 2.05) is 6.92 Å². The van der Waals surface area contributed by atoms with Crippen LogP contribution < -0.4 is 0 Å². The van der Waals surface area contributed by atoms with E-state index < -0.39 is 42.5 Å². The van der Waals surface area contributed by atoms with Gasteiger partial charge in [-0.15, -0.1) is 0 Å². The summed E-state index contributed by atoms with van der Waals surface area (Å²) in [6.07, 6.45) is -1.11. The zero-order valence-corrected chi connectivity index (χ0v) is 15.3. The third kappa shape index (κ3) is 22.4. The quantitative estimate of drug-likeness (QED) is 0.105. The van der Waals surface area contributed by atoms with Crippen LogP contribution in [0.3, 0.4) is 0 Å². The molecule has 0 aromatic carbocycles. The minimum absolute atomic E-state index is 0.210. The zero-order valence-electron chi connectivity index (χ0n) is 13.3. The van der Waals surface area contributed by atoms with E-state index >= 15 is 0 Å². The maximum Gasteiger partial charge on any atom is 0.235 e. The van der Waals surface area contributed by atoms with Gasteiger partial charge < -0.3 is 20.4 Å². The van der Waals surface area contributed by atoms with Crippen LogP contribution in [-0.2, 0) is 28.8 Å². The fraction of sp³-hybridized carbons (Fsp3) is 1.00. The summed E-state index contributed by atoms with van der Waals surface area (Å²) in [6, 6.07) is 0. The molecule has 0 saturated heterocycles. The van der Waals surface area contributed by atoms with Gasteiger partial charge in [0.25, 0.3) is 0 Å². The highest BCUT2D eigenvalue weighted by molar-refractivity contribution is 7.28. The summed E-state index contributed by atoms with van der Waals surface area (Å²) in [5, 5.41) is 58.6. The van der Waals surface area contributed by atoms with E-state index in [2.05, 4.69) is 28.8 Å². The Hall–Kier alpha value is 0.380. The van der Waals surface area contributed by atoms with Crippen molar-refractivity contribution >= 4 is 18.1 Å². The van der Waals surface area contributed by atoms with E-state index in [0.29, 0.717) is 6.42 Å². The number of aliphatic hydroxyl groups excluding tert-OH is 4. The van der Waals surface area contributed by atoms with Crippen molar-refractivity contribution in [1.29, 1.82) is 0 Å². The number of aliphatic hydroxyl groups is 4. The molecule has 0 radical (unpaired) electrons. The standard InChI is InChI=1S/C10H22O4.H4O8P2/c1-3-8(12)5-10(14)6-9(13)4-7(2)11;1-3-5-6-10-8-7-9-4-2/h7-14H,3-6H2,1-2H3;1-2,9-10H. The maximum absolute atomic E-state index is 9.43. The second kappa shape index (κ2) is 19.7. The Balaban J connectivity index is 0. The molecule has 148 valence electrons. The summed E-state index contributed by atoms with van der Waals surface area (Å²) in [7, 11) is -1.34. The van der Waals surface area contributed by atoms with Crippen LogP contribution in [0.15, 0.2) is 0 Å². The van der Waals surface area contributed by atoms with Crippen molar-refractivity contribution < 1.29 is 59.7 Å². The molecule has 0 saturated carbocycles. The van der Waals surface area contributed by atoms with Crippen LogP contribution in [0.5, 0.6) is 0 Å². The first kappa shape index (κ1) is 26.6. The van der Waals surface area contributed by atoms with Crippen LogP contribution in [0.2, 0.25) is 0 Å². The second-order valence-corrected chi connectivity index (χ2v) is 5.59. The lowest BCUT2D eigenvalue weighted by atomic mass is 10.0. The van der Waals surface area contributed by atoms with Gasteiger partial charge >= 0.3 is 0 Å². The summed E-state index contributed by atoms with van der Waals surface area (Å²) in [6.45, 7) is 3.43. The molecule has 0 aliphatic rings.